The predicted octanol–water partition coefficient (Wildman–Crippen LogP) is 0.705. The molecule has 0 radical (unpaired) electrons. The minimum atomic E-state index is -1.38. The van der Waals surface area contributed by atoms with E-state index in [1.54, 1.807) is 38.1 Å². The average Bonchev–Trinajstić information content (AvgIpc) is 2.70. The molecule has 0 heterocycles. The Morgan fingerprint density at radius 3 is 2.19 bits per heavy atom. The highest BCUT2D eigenvalue weighted by Crippen LogP contribution is 2.12. The van der Waals surface area contributed by atoms with Crippen LogP contribution in [-0.2, 0) is 19.2 Å². The van der Waals surface area contributed by atoms with Gasteiger partial charge in [0.25, 0.3) is 0 Å². The van der Waals surface area contributed by atoms with Crippen LogP contribution < -0.4 is 21.1 Å². The van der Waals surface area contributed by atoms with Crippen molar-refractivity contribution in [1.29, 1.82) is 5.41 Å². The molecule has 0 bridgehead atoms. The Balaban J connectivity index is 2.48. The molecule has 11 heteroatoms. The number of amidine groups is 1. The van der Waals surface area contributed by atoms with Gasteiger partial charge in [-0.15, -0.1) is 0 Å². The van der Waals surface area contributed by atoms with E-state index in [2.05, 4.69) is 10.6 Å². The van der Waals surface area contributed by atoms with Gasteiger partial charge >= 0.3 is 11.9 Å². The number of benzene rings is 1. The van der Waals surface area contributed by atoms with E-state index in [0.29, 0.717) is 30.8 Å². The van der Waals surface area contributed by atoms with Gasteiger partial charge in [0.05, 0.1) is 13.0 Å². The molecule has 0 saturated heterocycles. The van der Waals surface area contributed by atoms with Crippen LogP contribution in [0, 0.1) is 11.3 Å². The minimum absolute atomic E-state index is 0.0415. The molecule has 0 aliphatic heterocycles. The van der Waals surface area contributed by atoms with Gasteiger partial charge in [-0.3, -0.25) is 19.8 Å². The van der Waals surface area contributed by atoms with Crippen LogP contribution in [0.2, 0.25) is 0 Å². The molecule has 2 atom stereocenters. The molecule has 0 aliphatic rings. The van der Waals surface area contributed by atoms with Crippen molar-refractivity contribution in [1.82, 2.24) is 10.6 Å². The lowest BCUT2D eigenvalue weighted by Gasteiger charge is -2.22. The van der Waals surface area contributed by atoms with Crippen LogP contribution in [0.3, 0.4) is 0 Å². The van der Waals surface area contributed by atoms with Crippen molar-refractivity contribution >= 4 is 29.6 Å². The fourth-order valence-electron chi connectivity index (χ4n) is 2.73. The summed E-state index contributed by atoms with van der Waals surface area (Å²) in [5.41, 5.74) is 5.96. The number of carbonyl (C=O) groups excluding carboxylic acids is 2. The quantitative estimate of drug-likeness (QED) is 0.135. The Labute approximate surface area is 185 Å². The summed E-state index contributed by atoms with van der Waals surface area (Å²) in [6.07, 6.45) is 0.346. The van der Waals surface area contributed by atoms with Crippen molar-refractivity contribution in [3.8, 4) is 5.75 Å². The number of hydrogen-bond acceptors (Lipinski definition) is 6. The number of nitrogens with one attached hydrogen (secondary N) is 3. The Morgan fingerprint density at radius 2 is 1.69 bits per heavy atom. The number of carboxylic acids is 2. The monoisotopic (exact) mass is 450 g/mol. The van der Waals surface area contributed by atoms with E-state index < -0.39 is 48.2 Å². The lowest BCUT2D eigenvalue weighted by molar-refractivity contribution is -0.144. The van der Waals surface area contributed by atoms with Crippen LogP contribution in [0.5, 0.6) is 5.75 Å². The first-order chi connectivity index (χ1) is 15.0. The van der Waals surface area contributed by atoms with Crippen LogP contribution in [0.15, 0.2) is 24.3 Å². The molecule has 1 aromatic rings. The van der Waals surface area contributed by atoms with E-state index in [1.807, 2.05) is 0 Å². The van der Waals surface area contributed by atoms with Gasteiger partial charge in [0, 0.05) is 12.0 Å². The summed E-state index contributed by atoms with van der Waals surface area (Å²) in [6, 6.07) is 4.11. The second kappa shape index (κ2) is 12.9. The summed E-state index contributed by atoms with van der Waals surface area (Å²) < 4.78 is 5.54. The van der Waals surface area contributed by atoms with Crippen molar-refractivity contribution in [2.75, 3.05) is 6.61 Å². The van der Waals surface area contributed by atoms with Gasteiger partial charge in [-0.1, -0.05) is 13.8 Å². The fraction of sp³-hybridized carbons (Fsp3) is 0.476. The summed E-state index contributed by atoms with van der Waals surface area (Å²) in [5.74, 6) is -3.80. The molecule has 0 aromatic heterocycles. The standard InChI is InChI=1S/C21H30N4O7/c1-12(2)18(21(30)31)25-20(29)15(11-17(27)28)24-16(26)5-3-4-10-32-14-8-6-13(7-9-14)19(22)23/h6-9,12,15,18H,3-5,10-11H2,1-2H3,(H3,22,23)(H,24,26)(H,25,29)(H,27,28)(H,30,31)/t15-,18-/m0/s1. The number of nitrogens with two attached hydrogens (primary N) is 1. The number of rotatable bonds is 14. The van der Waals surface area contributed by atoms with Crippen molar-refractivity contribution in [2.24, 2.45) is 11.7 Å². The molecule has 0 fully saturated rings. The van der Waals surface area contributed by atoms with Crippen LogP contribution in [0.4, 0.5) is 0 Å². The van der Waals surface area contributed by atoms with Gasteiger partial charge in [0.1, 0.15) is 23.7 Å². The van der Waals surface area contributed by atoms with Gasteiger partial charge in [-0.2, -0.15) is 0 Å². The average molecular weight is 450 g/mol. The zero-order chi connectivity index (χ0) is 24.3. The SMILES string of the molecule is CC(C)[C@H](NC(=O)[C@H](CC(=O)O)NC(=O)CCCCOc1ccc(C(=N)N)cc1)C(=O)O. The second-order valence-electron chi connectivity index (χ2n) is 7.53. The van der Waals surface area contributed by atoms with Crippen molar-refractivity contribution in [3.05, 3.63) is 29.8 Å². The number of amides is 2. The van der Waals surface area contributed by atoms with Crippen molar-refractivity contribution < 1.29 is 34.1 Å². The smallest absolute Gasteiger partial charge is 0.326 e. The highest BCUT2D eigenvalue weighted by Gasteiger charge is 2.29. The first-order valence-electron chi connectivity index (χ1n) is 10.1. The maximum atomic E-state index is 12.3. The largest absolute Gasteiger partial charge is 0.494 e. The van der Waals surface area contributed by atoms with Gasteiger partial charge in [0.2, 0.25) is 11.8 Å². The Morgan fingerprint density at radius 1 is 1.06 bits per heavy atom. The van der Waals surface area contributed by atoms with Gasteiger partial charge in [-0.05, 0) is 43.0 Å². The maximum Gasteiger partial charge on any atom is 0.326 e. The minimum Gasteiger partial charge on any atom is -0.494 e. The Hall–Kier alpha value is -3.63. The summed E-state index contributed by atoms with van der Waals surface area (Å²) in [5, 5.41) is 30.2. The van der Waals surface area contributed by atoms with E-state index in [-0.39, 0.29) is 12.3 Å². The van der Waals surface area contributed by atoms with E-state index in [1.165, 1.54) is 0 Å². The number of aliphatic carboxylic acids is 2. The number of nitrogen functional groups attached to an aromatic ring is 1. The number of unbranched alkanes of at least 4 members (excludes halogenated alkanes) is 1. The maximum absolute atomic E-state index is 12.3. The highest BCUT2D eigenvalue weighted by atomic mass is 16.5. The molecule has 176 valence electrons. The lowest BCUT2D eigenvalue weighted by atomic mass is 10.0. The Kier molecular flexibility index (Phi) is 10.7. The normalized spacial score (nSPS) is 12.5. The molecule has 0 aliphatic carbocycles. The molecule has 1 aromatic carbocycles. The van der Waals surface area contributed by atoms with Crippen molar-refractivity contribution in [2.45, 2.75) is 51.6 Å². The highest BCUT2D eigenvalue weighted by molar-refractivity contribution is 5.95. The molecule has 1 rings (SSSR count). The Bertz CT molecular complexity index is 824. The molecule has 7 N–H and O–H groups in total. The third kappa shape index (κ3) is 9.45. The molecule has 0 spiro atoms. The molecule has 0 unspecified atom stereocenters. The van der Waals surface area contributed by atoms with Crippen LogP contribution in [-0.4, -0.2) is 58.5 Å². The predicted molar refractivity (Wildman–Crippen MR) is 115 cm³/mol. The number of hydrogen-bond donors (Lipinski definition) is 6. The molecule has 32 heavy (non-hydrogen) atoms. The van der Waals surface area contributed by atoms with Gasteiger partial charge in [0.15, 0.2) is 0 Å². The molecular weight excluding hydrogens is 420 g/mol. The molecule has 11 nitrogen and oxygen atoms in total. The van der Waals surface area contributed by atoms with Crippen LogP contribution >= 0.6 is 0 Å². The molecular formula is C21H30N4O7. The molecule has 2 amide bonds. The topological polar surface area (TPSA) is 192 Å². The van der Waals surface area contributed by atoms with E-state index in [9.17, 15) is 24.3 Å². The second-order valence-corrected chi connectivity index (χ2v) is 7.53. The zero-order valence-corrected chi connectivity index (χ0v) is 18.1. The van der Waals surface area contributed by atoms with E-state index in [0.717, 1.165) is 0 Å². The number of carbonyl (C=O) groups is 4. The van der Waals surface area contributed by atoms with Gasteiger partial charge in [-0.25, -0.2) is 4.79 Å². The number of carboxylic acid groups (broad SMARTS) is 2. The summed E-state index contributed by atoms with van der Waals surface area (Å²) in [7, 11) is 0. The summed E-state index contributed by atoms with van der Waals surface area (Å²) in [6.45, 7) is 3.54. The summed E-state index contributed by atoms with van der Waals surface area (Å²) in [4.78, 5) is 46.8. The number of ether oxygens (including phenoxy) is 1. The van der Waals surface area contributed by atoms with E-state index >= 15 is 0 Å². The zero-order valence-electron chi connectivity index (χ0n) is 18.1. The fourth-order valence-corrected chi connectivity index (χ4v) is 2.73. The third-order valence-electron chi connectivity index (χ3n) is 4.49. The summed E-state index contributed by atoms with van der Waals surface area (Å²) >= 11 is 0. The first kappa shape index (κ1) is 26.4. The van der Waals surface area contributed by atoms with Crippen molar-refractivity contribution in [3.63, 3.8) is 0 Å². The van der Waals surface area contributed by atoms with E-state index in [4.69, 9.17) is 21.0 Å². The lowest BCUT2D eigenvalue weighted by Crippen LogP contribution is -2.53. The van der Waals surface area contributed by atoms with Crippen LogP contribution in [0.1, 0.15) is 45.1 Å². The first-order valence-corrected chi connectivity index (χ1v) is 10.1. The van der Waals surface area contributed by atoms with Gasteiger partial charge < -0.3 is 31.3 Å². The van der Waals surface area contributed by atoms with Crippen LogP contribution in [0.25, 0.3) is 0 Å². The third-order valence-corrected chi connectivity index (χ3v) is 4.49. The molecule has 0 saturated carbocycles.